The highest BCUT2D eigenvalue weighted by atomic mass is 16.5. The number of ether oxygens (including phenoxy) is 1. The smallest absolute Gasteiger partial charge is 0.292 e. The molecule has 0 fully saturated rings. The summed E-state index contributed by atoms with van der Waals surface area (Å²) in [7, 11) is 0. The molecule has 1 heterocycles. The fraction of sp³-hybridized carbons (Fsp3) is 0.750. The summed E-state index contributed by atoms with van der Waals surface area (Å²) in [5, 5.41) is 15.2. The quantitative estimate of drug-likeness (QED) is 0.609. The maximum absolute atomic E-state index is 11.2. The molecule has 7 heteroatoms. The number of carbonyl (C=O) groups is 1. The van der Waals surface area contributed by atoms with Gasteiger partial charge in [-0.05, 0) is 11.6 Å². The number of hydrogen-bond acceptors (Lipinski definition) is 5. The monoisotopic (exact) mass is 213 g/mol. The highest BCUT2D eigenvalue weighted by Crippen LogP contribution is 1.87. The van der Waals surface area contributed by atoms with Crippen molar-refractivity contribution in [3.8, 4) is 0 Å². The second kappa shape index (κ2) is 6.88. The second-order valence-electron chi connectivity index (χ2n) is 2.96. The van der Waals surface area contributed by atoms with E-state index in [0.717, 1.165) is 19.4 Å². The van der Waals surface area contributed by atoms with Crippen LogP contribution in [0, 0.1) is 0 Å². The summed E-state index contributed by atoms with van der Waals surface area (Å²) in [6, 6.07) is 0. The lowest BCUT2D eigenvalue weighted by Gasteiger charge is -2.03. The van der Waals surface area contributed by atoms with Crippen molar-refractivity contribution < 1.29 is 9.53 Å². The first-order valence-electron chi connectivity index (χ1n) is 4.94. The van der Waals surface area contributed by atoms with Crippen molar-refractivity contribution in [1.82, 2.24) is 25.9 Å². The third kappa shape index (κ3) is 4.50. The van der Waals surface area contributed by atoms with Gasteiger partial charge in [0.1, 0.15) is 0 Å². The van der Waals surface area contributed by atoms with E-state index in [-0.39, 0.29) is 11.7 Å². The molecule has 1 aromatic rings. The number of hydrogen-bond donors (Lipinski definition) is 2. The molecule has 1 aromatic heterocycles. The second-order valence-corrected chi connectivity index (χ2v) is 2.96. The molecular formula is C8H15N5O2. The molecule has 0 spiro atoms. The van der Waals surface area contributed by atoms with Crippen LogP contribution in [-0.4, -0.2) is 46.3 Å². The maximum Gasteiger partial charge on any atom is 0.292 e. The van der Waals surface area contributed by atoms with Crippen LogP contribution in [0.3, 0.4) is 0 Å². The van der Waals surface area contributed by atoms with Gasteiger partial charge in [-0.3, -0.25) is 4.79 Å². The number of H-pyrrole nitrogens is 1. The molecule has 0 atom stereocenters. The lowest BCUT2D eigenvalue weighted by Crippen LogP contribution is -2.28. The Morgan fingerprint density at radius 3 is 3.07 bits per heavy atom. The molecule has 15 heavy (non-hydrogen) atoms. The molecule has 0 bridgehead atoms. The Hall–Kier alpha value is -1.50. The van der Waals surface area contributed by atoms with E-state index in [9.17, 15) is 4.79 Å². The van der Waals surface area contributed by atoms with E-state index in [1.54, 1.807) is 0 Å². The summed E-state index contributed by atoms with van der Waals surface area (Å²) < 4.78 is 5.26. The largest absolute Gasteiger partial charge is 0.380 e. The summed E-state index contributed by atoms with van der Waals surface area (Å²) in [5.74, 6) is -0.300. The molecule has 0 unspecified atom stereocenters. The zero-order valence-electron chi connectivity index (χ0n) is 8.69. The molecule has 1 rings (SSSR count). The van der Waals surface area contributed by atoms with Gasteiger partial charge in [0.25, 0.3) is 11.7 Å². The van der Waals surface area contributed by atoms with Gasteiger partial charge in [-0.15, -0.1) is 10.2 Å². The Morgan fingerprint density at radius 2 is 2.40 bits per heavy atom. The van der Waals surface area contributed by atoms with Gasteiger partial charge in [0.15, 0.2) is 0 Å². The Kier molecular flexibility index (Phi) is 5.31. The van der Waals surface area contributed by atoms with Crippen LogP contribution in [-0.2, 0) is 4.74 Å². The van der Waals surface area contributed by atoms with Crippen LogP contribution in [0.4, 0.5) is 0 Å². The van der Waals surface area contributed by atoms with Gasteiger partial charge in [-0.1, -0.05) is 13.3 Å². The Labute approximate surface area is 87.6 Å². The van der Waals surface area contributed by atoms with Crippen molar-refractivity contribution >= 4 is 5.91 Å². The third-order valence-electron chi connectivity index (χ3n) is 1.72. The number of nitrogens with zero attached hydrogens (tertiary/aromatic N) is 3. The van der Waals surface area contributed by atoms with Crippen LogP contribution in [0.2, 0.25) is 0 Å². The molecule has 2 N–H and O–H groups in total. The van der Waals surface area contributed by atoms with E-state index in [1.807, 2.05) is 0 Å². The summed E-state index contributed by atoms with van der Waals surface area (Å²) in [6.45, 7) is 3.79. The fourth-order valence-corrected chi connectivity index (χ4v) is 0.922. The van der Waals surface area contributed by atoms with E-state index in [1.165, 1.54) is 0 Å². The third-order valence-corrected chi connectivity index (χ3v) is 1.72. The molecule has 0 aromatic carbocycles. The Morgan fingerprint density at radius 1 is 1.53 bits per heavy atom. The van der Waals surface area contributed by atoms with E-state index >= 15 is 0 Å². The summed E-state index contributed by atoms with van der Waals surface area (Å²) in [5.41, 5.74) is 0. The van der Waals surface area contributed by atoms with Crippen molar-refractivity contribution in [2.75, 3.05) is 19.8 Å². The van der Waals surface area contributed by atoms with Gasteiger partial charge in [0, 0.05) is 13.2 Å². The van der Waals surface area contributed by atoms with Crippen molar-refractivity contribution in [2.24, 2.45) is 0 Å². The van der Waals surface area contributed by atoms with Crippen molar-refractivity contribution in [1.29, 1.82) is 0 Å². The molecule has 0 radical (unpaired) electrons. The predicted molar refractivity (Wildman–Crippen MR) is 52.2 cm³/mol. The number of unbranched alkanes of at least 4 members (excludes halogenated alkanes) is 1. The minimum atomic E-state index is -0.345. The number of nitrogens with one attached hydrogen (secondary N) is 2. The minimum Gasteiger partial charge on any atom is -0.380 e. The molecule has 84 valence electrons. The number of carbonyl (C=O) groups excluding carboxylic acids is 1. The molecule has 0 saturated heterocycles. The van der Waals surface area contributed by atoms with Crippen LogP contribution < -0.4 is 5.32 Å². The molecular weight excluding hydrogens is 198 g/mol. The van der Waals surface area contributed by atoms with Gasteiger partial charge in [0.05, 0.1) is 6.61 Å². The minimum absolute atomic E-state index is 0.0450. The first-order valence-corrected chi connectivity index (χ1v) is 4.94. The fourth-order valence-electron chi connectivity index (χ4n) is 0.922. The first kappa shape index (κ1) is 11.6. The van der Waals surface area contributed by atoms with Gasteiger partial charge in [-0.25, -0.2) is 0 Å². The topological polar surface area (TPSA) is 92.8 Å². The van der Waals surface area contributed by atoms with Crippen molar-refractivity contribution in [3.63, 3.8) is 0 Å². The number of aromatic amines is 1. The van der Waals surface area contributed by atoms with Crippen LogP contribution >= 0.6 is 0 Å². The van der Waals surface area contributed by atoms with E-state index in [4.69, 9.17) is 4.74 Å². The standard InChI is InChI=1S/C8H15N5O2/c1-2-3-5-15-6-4-9-8(14)7-10-12-13-11-7/h2-6H2,1H3,(H,9,14)(H,10,11,12,13). The maximum atomic E-state index is 11.2. The molecule has 0 aliphatic rings. The molecule has 1 amide bonds. The summed E-state index contributed by atoms with van der Waals surface area (Å²) >= 11 is 0. The van der Waals surface area contributed by atoms with Crippen LogP contribution in [0.1, 0.15) is 30.4 Å². The lowest BCUT2D eigenvalue weighted by molar-refractivity contribution is 0.0903. The number of tetrazole rings is 1. The van der Waals surface area contributed by atoms with Crippen LogP contribution in [0.5, 0.6) is 0 Å². The summed E-state index contributed by atoms with van der Waals surface area (Å²) in [6.07, 6.45) is 2.15. The zero-order valence-corrected chi connectivity index (χ0v) is 8.69. The van der Waals surface area contributed by atoms with E-state index < -0.39 is 0 Å². The Bertz CT molecular complexity index is 275. The van der Waals surface area contributed by atoms with Crippen molar-refractivity contribution in [3.05, 3.63) is 5.82 Å². The molecule has 0 saturated carbocycles. The number of aromatic nitrogens is 4. The molecule has 7 nitrogen and oxygen atoms in total. The molecule has 0 aliphatic carbocycles. The zero-order chi connectivity index (χ0) is 10.9. The number of amides is 1. The summed E-state index contributed by atoms with van der Waals surface area (Å²) in [4.78, 5) is 11.2. The van der Waals surface area contributed by atoms with Gasteiger partial charge in [0.2, 0.25) is 0 Å². The van der Waals surface area contributed by atoms with Crippen LogP contribution in [0.25, 0.3) is 0 Å². The normalized spacial score (nSPS) is 10.2. The highest BCUT2D eigenvalue weighted by molar-refractivity contribution is 5.89. The van der Waals surface area contributed by atoms with Gasteiger partial charge in [-0.2, -0.15) is 5.21 Å². The van der Waals surface area contributed by atoms with Crippen molar-refractivity contribution in [2.45, 2.75) is 19.8 Å². The molecule has 0 aliphatic heterocycles. The lowest BCUT2D eigenvalue weighted by atomic mass is 10.4. The predicted octanol–water partition coefficient (Wildman–Crippen LogP) is -0.254. The number of rotatable bonds is 7. The van der Waals surface area contributed by atoms with E-state index in [0.29, 0.717) is 13.2 Å². The average Bonchev–Trinajstić information content (AvgIpc) is 2.76. The van der Waals surface area contributed by atoms with Gasteiger partial charge >= 0.3 is 0 Å². The Balaban J connectivity index is 2.03. The highest BCUT2D eigenvalue weighted by Gasteiger charge is 2.08. The average molecular weight is 213 g/mol. The SMILES string of the molecule is CCCCOCCNC(=O)c1nn[nH]n1. The van der Waals surface area contributed by atoms with Gasteiger partial charge < -0.3 is 10.1 Å². The van der Waals surface area contributed by atoms with Crippen LogP contribution in [0.15, 0.2) is 0 Å². The van der Waals surface area contributed by atoms with E-state index in [2.05, 4.69) is 32.9 Å². The first-order chi connectivity index (χ1) is 7.34.